The van der Waals surface area contributed by atoms with Crippen LogP contribution in [0.3, 0.4) is 0 Å². The second-order valence-corrected chi connectivity index (χ2v) is 4.35. The number of hydrazine groups is 1. The smallest absolute Gasteiger partial charge is 0.322 e. The van der Waals surface area contributed by atoms with Gasteiger partial charge < -0.3 is 15.2 Å². The van der Waals surface area contributed by atoms with E-state index in [-0.39, 0.29) is 24.5 Å². The van der Waals surface area contributed by atoms with Crippen LogP contribution in [0.25, 0.3) is 0 Å². The van der Waals surface area contributed by atoms with E-state index in [4.69, 9.17) is 10.6 Å². The molecule has 5 N–H and O–H groups in total. The largest absolute Gasteiger partial charge is 0.467 e. The fourth-order valence-corrected chi connectivity index (χ4v) is 2.07. The Kier molecular flexibility index (Phi) is 4.44. The summed E-state index contributed by atoms with van der Waals surface area (Å²) in [5, 5.41) is 16.6. The molecule has 0 spiro atoms. The molecule has 0 aromatic carbocycles. The predicted octanol–water partition coefficient (Wildman–Crippen LogP) is 0.373. The van der Waals surface area contributed by atoms with E-state index in [1.54, 1.807) is 0 Å². The van der Waals surface area contributed by atoms with E-state index in [2.05, 4.69) is 25.7 Å². The van der Waals surface area contributed by atoms with Gasteiger partial charge in [-0.25, -0.2) is 5.84 Å². The molecule has 2 aromatic rings. The maximum Gasteiger partial charge on any atom is 0.322 e. The Hall–Kier alpha value is -1.97. The van der Waals surface area contributed by atoms with Crippen LogP contribution < -0.4 is 21.3 Å². The number of nitrogens with one attached hydrogen (secondary N) is 2. The van der Waals surface area contributed by atoms with Crippen molar-refractivity contribution in [1.29, 1.82) is 0 Å². The van der Waals surface area contributed by atoms with Gasteiger partial charge in [0.1, 0.15) is 0 Å². The highest BCUT2D eigenvalue weighted by atomic mass is 32.1. The molecule has 0 aliphatic heterocycles. The van der Waals surface area contributed by atoms with Crippen molar-refractivity contribution in [3.63, 3.8) is 0 Å². The summed E-state index contributed by atoms with van der Waals surface area (Å²) in [6, 6.07) is 1.99. The molecule has 0 aliphatic rings. The quantitative estimate of drug-likeness (QED) is 0.443. The third kappa shape index (κ3) is 3.50. The summed E-state index contributed by atoms with van der Waals surface area (Å²) in [5.74, 6) is 5.69. The molecule has 9 heteroatoms. The second kappa shape index (κ2) is 6.27. The first kappa shape index (κ1) is 13.5. The van der Waals surface area contributed by atoms with Crippen LogP contribution in [0, 0.1) is 0 Å². The number of aromatic nitrogens is 3. The summed E-state index contributed by atoms with van der Waals surface area (Å²) in [6.45, 7) is 0.272. The van der Waals surface area contributed by atoms with Crippen LogP contribution in [0.4, 0.5) is 11.9 Å². The van der Waals surface area contributed by atoms with Crippen LogP contribution in [-0.2, 0) is 0 Å². The standard InChI is InChI=1S/C10H14N6O2S/c1-18-10-14-8(13-9(15-10)16-11)12-4-7(17)6-2-3-19-5-6/h2-3,5,7,17H,4,11H2,1H3,(H2,12,13,14,15,16). The number of methoxy groups -OCH3 is 1. The highest BCUT2D eigenvalue weighted by molar-refractivity contribution is 7.07. The number of aliphatic hydroxyl groups is 1. The lowest BCUT2D eigenvalue weighted by atomic mass is 10.2. The normalized spacial score (nSPS) is 11.9. The highest BCUT2D eigenvalue weighted by Gasteiger charge is 2.10. The van der Waals surface area contributed by atoms with Gasteiger partial charge in [0, 0.05) is 6.54 Å². The molecule has 1 atom stereocenters. The van der Waals surface area contributed by atoms with Crippen molar-refractivity contribution in [2.24, 2.45) is 5.84 Å². The summed E-state index contributed by atoms with van der Waals surface area (Å²) in [5.41, 5.74) is 3.16. The summed E-state index contributed by atoms with van der Waals surface area (Å²) in [7, 11) is 1.44. The van der Waals surface area contributed by atoms with E-state index in [0.29, 0.717) is 0 Å². The molecular formula is C10H14N6O2S. The van der Waals surface area contributed by atoms with Crippen molar-refractivity contribution in [3.8, 4) is 6.01 Å². The minimum Gasteiger partial charge on any atom is -0.467 e. The van der Waals surface area contributed by atoms with Gasteiger partial charge >= 0.3 is 6.01 Å². The SMILES string of the molecule is COc1nc(NN)nc(NCC(O)c2ccsc2)n1. The lowest BCUT2D eigenvalue weighted by molar-refractivity contribution is 0.192. The number of nitrogens with zero attached hydrogens (tertiary/aromatic N) is 3. The minimum absolute atomic E-state index is 0.135. The zero-order chi connectivity index (χ0) is 13.7. The molecule has 2 heterocycles. The maximum absolute atomic E-state index is 9.93. The topological polar surface area (TPSA) is 118 Å². The first-order valence-corrected chi connectivity index (χ1v) is 6.38. The third-order valence-corrected chi connectivity index (χ3v) is 3.01. The average Bonchev–Trinajstić information content (AvgIpc) is 2.98. The number of ether oxygens (including phenoxy) is 1. The van der Waals surface area contributed by atoms with E-state index in [1.165, 1.54) is 18.4 Å². The van der Waals surface area contributed by atoms with Crippen molar-refractivity contribution in [2.75, 3.05) is 24.4 Å². The number of thiophene rings is 1. The van der Waals surface area contributed by atoms with Crippen LogP contribution in [0.2, 0.25) is 0 Å². The summed E-state index contributed by atoms with van der Waals surface area (Å²) in [6.07, 6.45) is -0.636. The lowest BCUT2D eigenvalue weighted by Crippen LogP contribution is -2.17. The van der Waals surface area contributed by atoms with Gasteiger partial charge in [0.25, 0.3) is 0 Å². The van der Waals surface area contributed by atoms with Gasteiger partial charge in [0.15, 0.2) is 0 Å². The lowest BCUT2D eigenvalue weighted by Gasteiger charge is -2.11. The molecule has 0 bridgehead atoms. The van der Waals surface area contributed by atoms with Crippen LogP contribution in [0.1, 0.15) is 11.7 Å². The summed E-state index contributed by atoms with van der Waals surface area (Å²) >= 11 is 1.53. The zero-order valence-corrected chi connectivity index (χ0v) is 11.0. The first-order valence-electron chi connectivity index (χ1n) is 5.43. The van der Waals surface area contributed by atoms with Crippen molar-refractivity contribution in [1.82, 2.24) is 15.0 Å². The monoisotopic (exact) mass is 282 g/mol. The van der Waals surface area contributed by atoms with Crippen molar-refractivity contribution >= 4 is 23.2 Å². The van der Waals surface area contributed by atoms with Crippen molar-refractivity contribution in [2.45, 2.75) is 6.10 Å². The third-order valence-electron chi connectivity index (χ3n) is 2.31. The predicted molar refractivity (Wildman–Crippen MR) is 72.0 cm³/mol. The van der Waals surface area contributed by atoms with Crippen molar-refractivity contribution < 1.29 is 9.84 Å². The van der Waals surface area contributed by atoms with Crippen LogP contribution in [0.5, 0.6) is 6.01 Å². The molecule has 0 saturated heterocycles. The molecule has 102 valence electrons. The fourth-order valence-electron chi connectivity index (χ4n) is 1.36. The summed E-state index contributed by atoms with van der Waals surface area (Å²) < 4.78 is 4.92. The molecule has 0 aliphatic carbocycles. The zero-order valence-electron chi connectivity index (χ0n) is 10.2. The van der Waals surface area contributed by atoms with Crippen molar-refractivity contribution in [3.05, 3.63) is 22.4 Å². The van der Waals surface area contributed by atoms with Gasteiger partial charge in [-0.15, -0.1) is 0 Å². The van der Waals surface area contributed by atoms with E-state index >= 15 is 0 Å². The number of hydrogen-bond acceptors (Lipinski definition) is 9. The number of nitrogens with two attached hydrogens (primary N) is 1. The molecule has 0 radical (unpaired) electrons. The number of nitrogen functional groups attached to an aromatic ring is 1. The summed E-state index contributed by atoms with van der Waals surface area (Å²) in [4.78, 5) is 11.9. The highest BCUT2D eigenvalue weighted by Crippen LogP contribution is 2.17. The van der Waals surface area contributed by atoms with Gasteiger partial charge in [-0.05, 0) is 22.4 Å². The van der Waals surface area contributed by atoms with Gasteiger partial charge in [0.05, 0.1) is 13.2 Å². The Bertz CT molecular complexity index is 498. The molecule has 0 fully saturated rings. The van der Waals surface area contributed by atoms with Gasteiger partial charge in [0.2, 0.25) is 11.9 Å². The second-order valence-electron chi connectivity index (χ2n) is 3.57. The Morgan fingerprint density at radius 3 is 2.84 bits per heavy atom. The van der Waals surface area contributed by atoms with Crippen LogP contribution >= 0.6 is 11.3 Å². The van der Waals surface area contributed by atoms with Crippen LogP contribution in [0.15, 0.2) is 16.8 Å². The first-order chi connectivity index (χ1) is 9.22. The number of hydrogen-bond donors (Lipinski definition) is 4. The van der Waals surface area contributed by atoms with Crippen LogP contribution in [-0.4, -0.2) is 33.7 Å². The van der Waals surface area contributed by atoms with E-state index in [9.17, 15) is 5.11 Å². The molecular weight excluding hydrogens is 268 g/mol. The average molecular weight is 282 g/mol. The Morgan fingerprint density at radius 1 is 1.42 bits per heavy atom. The molecule has 19 heavy (non-hydrogen) atoms. The molecule has 1 unspecified atom stereocenters. The number of anilines is 2. The fraction of sp³-hybridized carbons (Fsp3) is 0.300. The molecule has 2 aromatic heterocycles. The Balaban J connectivity index is 2.02. The molecule has 8 nitrogen and oxygen atoms in total. The Morgan fingerprint density at radius 2 is 2.21 bits per heavy atom. The molecule has 0 amide bonds. The van der Waals surface area contributed by atoms with E-state index < -0.39 is 6.10 Å². The maximum atomic E-state index is 9.93. The molecule has 0 saturated carbocycles. The Labute approximate surface area is 113 Å². The van der Waals surface area contributed by atoms with E-state index in [1.807, 2.05) is 16.8 Å². The minimum atomic E-state index is -0.636. The van der Waals surface area contributed by atoms with E-state index in [0.717, 1.165) is 5.56 Å². The molecule has 2 rings (SSSR count). The van der Waals surface area contributed by atoms with Gasteiger partial charge in [-0.2, -0.15) is 26.3 Å². The van der Waals surface area contributed by atoms with Gasteiger partial charge in [-0.3, -0.25) is 5.43 Å². The number of aliphatic hydroxyl groups excluding tert-OH is 1. The number of rotatable bonds is 6. The van der Waals surface area contributed by atoms with Gasteiger partial charge in [-0.1, -0.05) is 0 Å².